The molecule has 0 aromatic heterocycles. The van der Waals surface area contributed by atoms with Gasteiger partial charge in [0.1, 0.15) is 11.5 Å². The van der Waals surface area contributed by atoms with Crippen molar-refractivity contribution < 1.29 is 27.3 Å². The summed E-state index contributed by atoms with van der Waals surface area (Å²) in [5.74, 6) is 0.449. The monoisotopic (exact) mass is 368 g/mol. The van der Waals surface area contributed by atoms with Gasteiger partial charge in [-0.15, -0.1) is 0 Å². The van der Waals surface area contributed by atoms with Crippen molar-refractivity contribution in [2.45, 2.75) is 21.3 Å². The summed E-state index contributed by atoms with van der Waals surface area (Å²) in [6.45, 7) is 4.98. The SMILES string of the molecule is C.Cc1ccc(O)c(C=NCCN=Cc2cc(C)ccc2O)c1.[Fe]. The molecule has 0 bridgehead atoms. The third kappa shape index (κ3) is 6.57. The van der Waals surface area contributed by atoms with Crippen LogP contribution in [-0.2, 0) is 17.1 Å². The van der Waals surface area contributed by atoms with Crippen LogP contribution in [0.3, 0.4) is 0 Å². The van der Waals surface area contributed by atoms with E-state index in [1.807, 2.05) is 38.1 Å². The Morgan fingerprint density at radius 3 is 1.54 bits per heavy atom. The topological polar surface area (TPSA) is 65.2 Å². The molecular formula is C19H24FeN2O2. The van der Waals surface area contributed by atoms with E-state index in [1.54, 1.807) is 24.6 Å². The number of aromatic hydroxyl groups is 2. The standard InChI is InChI=1S/C18H20N2O2.CH4.Fe/c1-13-3-5-17(21)15(9-13)11-19-7-8-20-12-16-10-14(2)4-6-18(16)22;;/h3-6,9-12,21-22H,7-8H2,1-2H3;1H4;. The molecule has 130 valence electrons. The van der Waals surface area contributed by atoms with Gasteiger partial charge >= 0.3 is 0 Å². The molecule has 2 N–H and O–H groups in total. The number of rotatable bonds is 5. The zero-order chi connectivity index (χ0) is 15.9. The summed E-state index contributed by atoms with van der Waals surface area (Å²) >= 11 is 0. The summed E-state index contributed by atoms with van der Waals surface area (Å²) in [6, 6.07) is 10.8. The van der Waals surface area contributed by atoms with Gasteiger partial charge in [-0.25, -0.2) is 0 Å². The Balaban J connectivity index is 0.00000264. The van der Waals surface area contributed by atoms with Crippen LogP contribution in [0.1, 0.15) is 29.7 Å². The van der Waals surface area contributed by atoms with Gasteiger partial charge in [-0.05, 0) is 38.1 Å². The Labute approximate surface area is 154 Å². The molecule has 2 aromatic rings. The van der Waals surface area contributed by atoms with E-state index in [0.717, 1.165) is 11.1 Å². The number of nitrogens with zero attached hydrogens (tertiary/aromatic N) is 2. The molecule has 0 atom stereocenters. The number of hydrogen-bond acceptors (Lipinski definition) is 4. The molecule has 0 aliphatic heterocycles. The first-order chi connectivity index (χ1) is 10.6. The number of phenols is 2. The molecule has 5 heteroatoms. The Bertz CT molecular complexity index is 651. The molecule has 0 radical (unpaired) electrons. The van der Waals surface area contributed by atoms with Crippen molar-refractivity contribution in [2.75, 3.05) is 13.1 Å². The van der Waals surface area contributed by atoms with E-state index >= 15 is 0 Å². The van der Waals surface area contributed by atoms with E-state index in [0.29, 0.717) is 24.2 Å². The molecule has 0 spiro atoms. The second-order valence-electron chi connectivity index (χ2n) is 5.20. The largest absolute Gasteiger partial charge is 0.507 e. The van der Waals surface area contributed by atoms with Gasteiger partial charge in [-0.1, -0.05) is 30.7 Å². The minimum Gasteiger partial charge on any atom is -0.507 e. The maximum atomic E-state index is 9.69. The molecule has 4 nitrogen and oxygen atoms in total. The molecule has 0 aliphatic carbocycles. The van der Waals surface area contributed by atoms with E-state index in [-0.39, 0.29) is 36.0 Å². The Hall–Kier alpha value is -2.10. The van der Waals surface area contributed by atoms with Crippen molar-refractivity contribution in [3.8, 4) is 11.5 Å². The fourth-order valence-corrected chi connectivity index (χ4v) is 2.00. The van der Waals surface area contributed by atoms with Crippen molar-refractivity contribution >= 4 is 12.4 Å². The van der Waals surface area contributed by atoms with Crippen LogP contribution in [0.25, 0.3) is 0 Å². The summed E-state index contributed by atoms with van der Waals surface area (Å²) in [5, 5.41) is 19.4. The molecule has 0 heterocycles. The zero-order valence-electron chi connectivity index (χ0n) is 13.2. The average molecular weight is 368 g/mol. The number of phenolic OH excluding ortho intramolecular Hbond substituents is 2. The molecule has 0 aliphatic rings. The van der Waals surface area contributed by atoms with Crippen molar-refractivity contribution in [1.82, 2.24) is 0 Å². The predicted octanol–water partition coefficient (Wildman–Crippen LogP) is 3.89. The molecule has 2 rings (SSSR count). The molecule has 0 saturated carbocycles. The molecule has 0 amide bonds. The summed E-state index contributed by atoms with van der Waals surface area (Å²) in [4.78, 5) is 8.51. The van der Waals surface area contributed by atoms with Crippen LogP contribution in [0, 0.1) is 13.8 Å². The van der Waals surface area contributed by atoms with Gasteiger partial charge in [0.2, 0.25) is 0 Å². The summed E-state index contributed by atoms with van der Waals surface area (Å²) < 4.78 is 0. The maximum absolute atomic E-state index is 9.69. The molecule has 0 saturated heterocycles. The van der Waals surface area contributed by atoms with Crippen LogP contribution in [0.15, 0.2) is 46.4 Å². The van der Waals surface area contributed by atoms with Gasteiger partial charge in [0.05, 0.1) is 13.1 Å². The van der Waals surface area contributed by atoms with Gasteiger partial charge in [0.15, 0.2) is 0 Å². The van der Waals surface area contributed by atoms with Crippen molar-refractivity contribution in [1.29, 1.82) is 0 Å². The van der Waals surface area contributed by atoms with E-state index in [9.17, 15) is 10.2 Å². The zero-order valence-corrected chi connectivity index (χ0v) is 14.3. The molecule has 24 heavy (non-hydrogen) atoms. The number of aryl methyl sites for hydroxylation is 2. The van der Waals surface area contributed by atoms with Gasteiger partial charge in [-0.2, -0.15) is 0 Å². The first kappa shape index (κ1) is 21.9. The fourth-order valence-electron chi connectivity index (χ4n) is 2.00. The van der Waals surface area contributed by atoms with Gasteiger partial charge in [0.25, 0.3) is 0 Å². The average Bonchev–Trinajstić information content (AvgIpc) is 2.49. The van der Waals surface area contributed by atoms with E-state index in [4.69, 9.17) is 0 Å². The number of hydrogen-bond donors (Lipinski definition) is 2. The van der Waals surface area contributed by atoms with Crippen molar-refractivity contribution in [3.63, 3.8) is 0 Å². The van der Waals surface area contributed by atoms with Crippen LogP contribution >= 0.6 is 0 Å². The molecular weight excluding hydrogens is 344 g/mol. The smallest absolute Gasteiger partial charge is 0.124 e. The Kier molecular flexibility index (Phi) is 9.70. The Morgan fingerprint density at radius 1 is 0.792 bits per heavy atom. The normalized spacial score (nSPS) is 10.6. The molecule has 0 unspecified atom stereocenters. The van der Waals surface area contributed by atoms with Gasteiger partial charge in [-0.3, -0.25) is 9.98 Å². The number of benzene rings is 2. The van der Waals surface area contributed by atoms with E-state index < -0.39 is 0 Å². The Morgan fingerprint density at radius 2 is 1.17 bits per heavy atom. The van der Waals surface area contributed by atoms with Gasteiger partial charge in [0, 0.05) is 40.6 Å². The van der Waals surface area contributed by atoms with Crippen LogP contribution < -0.4 is 0 Å². The first-order valence-electron chi connectivity index (χ1n) is 7.15. The number of aliphatic imine (C=N–C) groups is 2. The summed E-state index contributed by atoms with van der Waals surface area (Å²) in [7, 11) is 0. The summed E-state index contributed by atoms with van der Waals surface area (Å²) in [5.41, 5.74) is 3.57. The van der Waals surface area contributed by atoms with Crippen molar-refractivity contribution in [3.05, 3.63) is 58.7 Å². The third-order valence-corrected chi connectivity index (χ3v) is 3.19. The third-order valence-electron chi connectivity index (χ3n) is 3.19. The van der Waals surface area contributed by atoms with E-state index in [2.05, 4.69) is 9.98 Å². The second kappa shape index (κ2) is 10.6. The molecule has 0 fully saturated rings. The first-order valence-corrected chi connectivity index (χ1v) is 7.15. The van der Waals surface area contributed by atoms with Gasteiger partial charge < -0.3 is 10.2 Å². The minimum atomic E-state index is 0. The quantitative estimate of drug-likeness (QED) is 0.478. The van der Waals surface area contributed by atoms with Crippen LogP contribution in [0.5, 0.6) is 11.5 Å². The van der Waals surface area contributed by atoms with E-state index in [1.165, 1.54) is 0 Å². The second-order valence-corrected chi connectivity index (χ2v) is 5.20. The summed E-state index contributed by atoms with van der Waals surface area (Å²) in [6.07, 6.45) is 3.31. The van der Waals surface area contributed by atoms with Crippen LogP contribution in [-0.4, -0.2) is 35.7 Å². The molecule has 2 aromatic carbocycles. The predicted molar refractivity (Wildman–Crippen MR) is 97.3 cm³/mol. The fraction of sp³-hybridized carbons (Fsp3) is 0.263. The van der Waals surface area contributed by atoms with Crippen molar-refractivity contribution in [2.24, 2.45) is 9.98 Å². The maximum Gasteiger partial charge on any atom is 0.124 e. The van der Waals surface area contributed by atoms with Crippen LogP contribution in [0.4, 0.5) is 0 Å². The minimum absolute atomic E-state index is 0. The van der Waals surface area contributed by atoms with Crippen LogP contribution in [0.2, 0.25) is 0 Å².